The molecule has 0 bridgehead atoms. The third-order valence-corrected chi connectivity index (χ3v) is 14.1. The van der Waals surface area contributed by atoms with E-state index in [2.05, 4.69) is 160 Å². The number of carbonyl (C=O) groups is 3. The molecular weight excluding hydrogens is 1050 g/mol. The highest BCUT2D eigenvalue weighted by Crippen LogP contribution is 2.15. The molecule has 0 fully saturated rings. The molecule has 0 radical (unpaired) electrons. The number of allylic oxidation sites excluding steroid dienone is 24. The van der Waals surface area contributed by atoms with Gasteiger partial charge in [0.05, 0.1) is 40.3 Å². The Morgan fingerprint density at radius 3 is 1.01 bits per heavy atom. The van der Waals surface area contributed by atoms with Crippen LogP contribution < -0.4 is 5.11 Å². The maximum atomic E-state index is 12.9. The van der Waals surface area contributed by atoms with Gasteiger partial charge in [-0.1, -0.05) is 269 Å². The van der Waals surface area contributed by atoms with Crippen LogP contribution in [-0.4, -0.2) is 82.3 Å². The van der Waals surface area contributed by atoms with E-state index < -0.39 is 24.3 Å². The molecule has 0 saturated carbocycles. The minimum Gasteiger partial charge on any atom is -0.545 e. The van der Waals surface area contributed by atoms with E-state index in [0.29, 0.717) is 17.4 Å². The molecule has 0 spiro atoms. The summed E-state index contributed by atoms with van der Waals surface area (Å²) in [4.78, 5) is 37.4. The van der Waals surface area contributed by atoms with Crippen LogP contribution in [-0.2, 0) is 33.3 Å². The summed E-state index contributed by atoms with van der Waals surface area (Å²) in [5.41, 5.74) is 0. The molecule has 0 heterocycles. The zero-order valence-electron chi connectivity index (χ0n) is 54.9. The van der Waals surface area contributed by atoms with Gasteiger partial charge >= 0.3 is 11.9 Å². The van der Waals surface area contributed by atoms with E-state index >= 15 is 0 Å². The Kier molecular flexibility index (Phi) is 61.4. The Bertz CT molecular complexity index is 1900. The molecule has 0 aromatic carbocycles. The third kappa shape index (κ3) is 66.5. The first kappa shape index (κ1) is 80.2. The average molecular weight is 1180 g/mol. The van der Waals surface area contributed by atoms with E-state index in [4.69, 9.17) is 18.9 Å². The Balaban J connectivity index is 4.19. The quantitative estimate of drug-likeness (QED) is 0.0195. The molecule has 9 nitrogen and oxygen atoms in total. The number of unbranched alkanes of at least 4 members (excludes halogenated alkanes) is 22. The average Bonchev–Trinajstić information content (AvgIpc) is 3.49. The Hall–Kier alpha value is -4.83. The van der Waals surface area contributed by atoms with Gasteiger partial charge in [0.2, 0.25) is 0 Å². The van der Waals surface area contributed by atoms with Gasteiger partial charge in [-0.3, -0.25) is 9.59 Å². The molecule has 85 heavy (non-hydrogen) atoms. The highest BCUT2D eigenvalue weighted by molar-refractivity contribution is 5.70. The summed E-state index contributed by atoms with van der Waals surface area (Å²) in [5, 5.41) is 11.8. The molecule has 0 rings (SSSR count). The van der Waals surface area contributed by atoms with Crippen LogP contribution in [0.15, 0.2) is 146 Å². The molecule has 482 valence electrons. The summed E-state index contributed by atoms with van der Waals surface area (Å²) in [6, 6.07) is 0. The monoisotopic (exact) mass is 1180 g/mol. The van der Waals surface area contributed by atoms with Gasteiger partial charge in [0.1, 0.15) is 13.2 Å². The van der Waals surface area contributed by atoms with Crippen LogP contribution in [0.4, 0.5) is 0 Å². The molecule has 0 N–H and O–H groups in total. The van der Waals surface area contributed by atoms with Crippen LogP contribution in [0.25, 0.3) is 0 Å². The van der Waals surface area contributed by atoms with Gasteiger partial charge in [0.15, 0.2) is 12.4 Å². The van der Waals surface area contributed by atoms with Crippen molar-refractivity contribution < 1.29 is 42.9 Å². The molecule has 0 amide bonds. The van der Waals surface area contributed by atoms with E-state index in [1.807, 2.05) is 21.1 Å². The van der Waals surface area contributed by atoms with Gasteiger partial charge in [-0.2, -0.15) is 0 Å². The van der Waals surface area contributed by atoms with E-state index in [-0.39, 0.29) is 38.6 Å². The zero-order chi connectivity index (χ0) is 61.9. The summed E-state index contributed by atoms with van der Waals surface area (Å²) in [6.45, 7) is 4.61. The summed E-state index contributed by atoms with van der Waals surface area (Å²) in [6.07, 6.45) is 92.0. The van der Waals surface area contributed by atoms with Crippen molar-refractivity contribution >= 4 is 17.9 Å². The number of esters is 2. The van der Waals surface area contributed by atoms with E-state index in [1.54, 1.807) is 0 Å². The highest BCUT2D eigenvalue weighted by Gasteiger charge is 2.22. The minimum absolute atomic E-state index is 0.139. The van der Waals surface area contributed by atoms with Gasteiger partial charge in [0, 0.05) is 12.8 Å². The van der Waals surface area contributed by atoms with Crippen LogP contribution in [0.1, 0.15) is 258 Å². The molecule has 0 aliphatic carbocycles. The predicted octanol–water partition coefficient (Wildman–Crippen LogP) is 19.8. The molecule has 2 unspecified atom stereocenters. The van der Waals surface area contributed by atoms with Crippen molar-refractivity contribution in [1.29, 1.82) is 0 Å². The molecule has 0 aromatic heterocycles. The number of nitrogens with zero attached hydrogens (tertiary/aromatic N) is 1. The number of likely N-dealkylation sites (N-methyl/N-ethyl adjacent to an activating group) is 1. The number of rotatable bonds is 61. The predicted molar refractivity (Wildman–Crippen MR) is 361 cm³/mol. The van der Waals surface area contributed by atoms with E-state index in [9.17, 15) is 19.5 Å². The maximum Gasteiger partial charge on any atom is 0.306 e. The second-order valence-electron chi connectivity index (χ2n) is 23.4. The number of carboxylic acids is 1. The number of carbonyl (C=O) groups excluding carboxylic acids is 3. The molecule has 0 aliphatic rings. The van der Waals surface area contributed by atoms with Crippen LogP contribution in [0, 0.1) is 0 Å². The second kappa shape index (κ2) is 65.2. The van der Waals surface area contributed by atoms with Crippen molar-refractivity contribution in [2.45, 2.75) is 270 Å². The number of carboxylic acid groups (broad SMARTS) is 1. The lowest BCUT2D eigenvalue weighted by molar-refractivity contribution is -0.870. The largest absolute Gasteiger partial charge is 0.545 e. The molecule has 0 saturated heterocycles. The first-order valence-electron chi connectivity index (χ1n) is 34.0. The third-order valence-electron chi connectivity index (χ3n) is 14.1. The number of ether oxygens (including phenoxy) is 4. The van der Waals surface area contributed by atoms with Crippen molar-refractivity contribution in [2.75, 3.05) is 47.5 Å². The SMILES string of the molecule is CC/C=C\C/C=C\C/C=C\C/C=C\C/C=C\C/C=C\C/C=C\C/C=C\C/C=C\C/C=C\C/C=C\CCCCCCCCCC(=O)OC(COC(=O)CCCCCCCCCCC/C=C\CCCCCCCC)COC(OCC[N+](C)(C)C)C(=O)[O-]. The lowest BCUT2D eigenvalue weighted by Gasteiger charge is -2.26. The molecular formula is C76H125NO8. The topological polar surface area (TPSA) is 111 Å². The first-order valence-corrected chi connectivity index (χ1v) is 34.0. The van der Waals surface area contributed by atoms with Gasteiger partial charge in [-0.05, 0) is 122 Å². The van der Waals surface area contributed by atoms with Crippen molar-refractivity contribution in [3.63, 3.8) is 0 Å². The molecule has 9 heteroatoms. The molecule has 0 aliphatic heterocycles. The summed E-state index contributed by atoms with van der Waals surface area (Å²) in [7, 11) is 5.91. The number of aliphatic carboxylic acids is 1. The van der Waals surface area contributed by atoms with Crippen LogP contribution in [0.3, 0.4) is 0 Å². The summed E-state index contributed by atoms with van der Waals surface area (Å²) >= 11 is 0. The van der Waals surface area contributed by atoms with E-state index in [0.717, 1.165) is 116 Å². The maximum absolute atomic E-state index is 12.9. The lowest BCUT2D eigenvalue weighted by atomic mass is 10.1. The smallest absolute Gasteiger partial charge is 0.306 e. The Morgan fingerprint density at radius 1 is 0.365 bits per heavy atom. The van der Waals surface area contributed by atoms with Crippen molar-refractivity contribution in [2.24, 2.45) is 0 Å². The number of hydrogen-bond acceptors (Lipinski definition) is 8. The van der Waals surface area contributed by atoms with Gasteiger partial charge in [-0.15, -0.1) is 0 Å². The number of quaternary nitrogens is 1. The standard InChI is InChI=1S/C76H125NO8/c1-6-8-10-12-14-16-18-20-22-24-26-27-28-29-30-31-32-33-34-35-36-37-38-39-40-41-42-43-44-45-46-47-49-51-53-55-57-59-61-63-65-67-74(79)85-72(71-84-76(75(80)81)82-69-68-77(3,4)5)70-83-73(78)66-64-62-60-58-56-54-52-50-48-25-23-21-19-17-15-13-11-9-7-2/h8,10,14,16,20-23,26-27,29-30,32-33,35-36,38-39,41-42,44-45,47,49,72,76H,6-7,9,11-13,15,17-19,24-25,28,31,34,37,40,43,46,48,50-71H2,1-5H3/b10-8-,16-14-,22-20-,23-21-,27-26-,30-29-,33-32-,36-35-,39-38-,42-41-,45-44-,49-47-. The van der Waals surface area contributed by atoms with E-state index in [1.165, 1.54) is 109 Å². The lowest BCUT2D eigenvalue weighted by Crippen LogP contribution is -2.44. The summed E-state index contributed by atoms with van der Waals surface area (Å²) < 4.78 is 22.7. The van der Waals surface area contributed by atoms with Crippen molar-refractivity contribution in [3.8, 4) is 0 Å². The minimum atomic E-state index is -1.63. The Morgan fingerprint density at radius 2 is 0.671 bits per heavy atom. The van der Waals surface area contributed by atoms with Crippen LogP contribution in [0.5, 0.6) is 0 Å². The Labute approximate surface area is 522 Å². The van der Waals surface area contributed by atoms with Gasteiger partial charge in [-0.25, -0.2) is 0 Å². The van der Waals surface area contributed by atoms with Gasteiger partial charge in [0.25, 0.3) is 0 Å². The fourth-order valence-electron chi connectivity index (χ4n) is 8.89. The highest BCUT2D eigenvalue weighted by atomic mass is 16.7. The van der Waals surface area contributed by atoms with Crippen LogP contribution >= 0.6 is 0 Å². The summed E-state index contributed by atoms with van der Waals surface area (Å²) in [5.74, 6) is -2.31. The fourth-order valence-corrected chi connectivity index (χ4v) is 8.89. The van der Waals surface area contributed by atoms with Gasteiger partial charge < -0.3 is 33.3 Å². The number of hydrogen-bond donors (Lipinski definition) is 0. The normalized spacial score (nSPS) is 13.7. The van der Waals surface area contributed by atoms with Crippen molar-refractivity contribution in [1.82, 2.24) is 0 Å². The molecule has 0 aromatic rings. The van der Waals surface area contributed by atoms with Crippen LogP contribution in [0.2, 0.25) is 0 Å². The fraction of sp³-hybridized carbons (Fsp3) is 0.645. The zero-order valence-corrected chi connectivity index (χ0v) is 54.9. The van der Waals surface area contributed by atoms with Crippen molar-refractivity contribution in [3.05, 3.63) is 146 Å². The second-order valence-corrected chi connectivity index (χ2v) is 23.4. The first-order chi connectivity index (χ1) is 41.6. The molecule has 2 atom stereocenters.